The molecule has 1 N–H and O–H groups in total. The Morgan fingerprint density at radius 1 is 1.03 bits per heavy atom. The highest BCUT2D eigenvalue weighted by Gasteiger charge is 2.35. The van der Waals surface area contributed by atoms with Gasteiger partial charge in [-0.15, -0.1) is 11.3 Å². The van der Waals surface area contributed by atoms with Crippen LogP contribution in [-0.4, -0.2) is 55.1 Å². The predicted molar refractivity (Wildman–Crippen MR) is 152 cm³/mol. The molecule has 0 saturated heterocycles. The van der Waals surface area contributed by atoms with Gasteiger partial charge in [0.05, 0.1) is 20.8 Å². The predicted octanol–water partition coefficient (Wildman–Crippen LogP) is 5.90. The van der Waals surface area contributed by atoms with E-state index >= 15 is 0 Å². The summed E-state index contributed by atoms with van der Waals surface area (Å²) in [4.78, 5) is 32.9. The Balaban J connectivity index is 1.48. The molecule has 1 aliphatic rings. The number of ether oxygens (including phenoxy) is 2. The second-order valence-corrected chi connectivity index (χ2v) is 10.9. The molecule has 3 aromatic rings. The molecule has 0 atom stereocenters. The largest absolute Gasteiger partial charge is 0.493 e. The van der Waals surface area contributed by atoms with Crippen molar-refractivity contribution in [1.29, 1.82) is 0 Å². The molecule has 1 aliphatic carbocycles. The van der Waals surface area contributed by atoms with Crippen molar-refractivity contribution in [2.24, 2.45) is 0 Å². The maximum Gasteiger partial charge on any atom is 0.322 e. The molecule has 0 spiro atoms. The van der Waals surface area contributed by atoms with Gasteiger partial charge in [0.25, 0.3) is 0 Å². The Bertz CT molecular complexity index is 1250. The lowest BCUT2D eigenvalue weighted by Gasteiger charge is -2.28. The van der Waals surface area contributed by atoms with E-state index in [9.17, 15) is 9.59 Å². The molecular formula is C30H37N3O4S. The highest BCUT2D eigenvalue weighted by atomic mass is 32.1. The molecule has 8 heteroatoms. The summed E-state index contributed by atoms with van der Waals surface area (Å²) in [6, 6.07) is 17.7. The van der Waals surface area contributed by atoms with Crippen molar-refractivity contribution in [3.05, 3.63) is 75.5 Å². The van der Waals surface area contributed by atoms with E-state index in [-0.39, 0.29) is 24.5 Å². The standard InChI is InChI=1S/C30H37N3O4S/c1-5-23-8-6-7-9-26(23)31-30(35)33(24-12-13-24)20-29(34)32(19-25-14-10-21(2)38-25)17-16-22-11-15-27(36-3)28(18-22)37-4/h6-11,14-15,18,24H,5,12-13,16-17,19-20H2,1-4H3,(H,31,35). The lowest BCUT2D eigenvalue weighted by atomic mass is 10.1. The number of nitrogens with zero attached hydrogens (tertiary/aromatic N) is 2. The van der Waals surface area contributed by atoms with E-state index in [2.05, 4.69) is 31.3 Å². The molecule has 202 valence electrons. The number of carbonyl (C=O) groups is 2. The number of thiophene rings is 1. The summed E-state index contributed by atoms with van der Waals surface area (Å²) in [6.07, 6.45) is 3.33. The number of urea groups is 1. The molecule has 1 saturated carbocycles. The zero-order chi connectivity index (χ0) is 27.1. The molecule has 38 heavy (non-hydrogen) atoms. The minimum atomic E-state index is -0.214. The number of carbonyl (C=O) groups excluding carboxylic acids is 2. The molecule has 4 rings (SSSR count). The molecule has 1 fully saturated rings. The number of methoxy groups -OCH3 is 2. The zero-order valence-electron chi connectivity index (χ0n) is 22.7. The highest BCUT2D eigenvalue weighted by Crippen LogP contribution is 2.29. The van der Waals surface area contributed by atoms with E-state index in [1.54, 1.807) is 30.5 Å². The van der Waals surface area contributed by atoms with Crippen molar-refractivity contribution in [3.8, 4) is 11.5 Å². The number of hydrogen-bond donors (Lipinski definition) is 1. The Morgan fingerprint density at radius 2 is 1.79 bits per heavy atom. The van der Waals surface area contributed by atoms with Crippen LogP contribution in [0.5, 0.6) is 11.5 Å². The minimum Gasteiger partial charge on any atom is -0.493 e. The minimum absolute atomic E-state index is 0.0534. The summed E-state index contributed by atoms with van der Waals surface area (Å²) in [5.41, 5.74) is 2.93. The van der Waals surface area contributed by atoms with Crippen LogP contribution in [-0.2, 0) is 24.2 Å². The SMILES string of the molecule is CCc1ccccc1NC(=O)N(CC(=O)N(CCc1ccc(OC)c(OC)c1)Cc1ccc(C)s1)C1CC1. The second-order valence-electron chi connectivity index (χ2n) is 9.57. The Kier molecular flexibility index (Phi) is 9.29. The van der Waals surface area contributed by atoms with E-state index in [1.165, 1.54) is 4.88 Å². The number of para-hydroxylation sites is 1. The fraction of sp³-hybridized carbons (Fsp3) is 0.400. The van der Waals surface area contributed by atoms with Crippen LogP contribution in [0.1, 0.15) is 40.6 Å². The normalized spacial score (nSPS) is 12.6. The molecule has 1 heterocycles. The van der Waals surface area contributed by atoms with Crippen LogP contribution in [0.4, 0.5) is 10.5 Å². The molecular weight excluding hydrogens is 498 g/mol. The molecule has 2 aromatic carbocycles. The first-order valence-corrected chi connectivity index (χ1v) is 13.9. The first-order chi connectivity index (χ1) is 18.4. The van der Waals surface area contributed by atoms with Gasteiger partial charge in [0.1, 0.15) is 6.54 Å². The smallest absolute Gasteiger partial charge is 0.322 e. The van der Waals surface area contributed by atoms with Gasteiger partial charge in [-0.1, -0.05) is 31.2 Å². The van der Waals surface area contributed by atoms with Gasteiger partial charge in [-0.05, 0) is 74.1 Å². The molecule has 0 radical (unpaired) electrons. The van der Waals surface area contributed by atoms with E-state index in [4.69, 9.17) is 9.47 Å². The summed E-state index contributed by atoms with van der Waals surface area (Å²) in [7, 11) is 3.23. The quantitative estimate of drug-likeness (QED) is 0.313. The first kappa shape index (κ1) is 27.5. The average molecular weight is 536 g/mol. The Hall–Kier alpha value is -3.52. The van der Waals surface area contributed by atoms with Gasteiger partial charge in [0.15, 0.2) is 11.5 Å². The third-order valence-corrected chi connectivity index (χ3v) is 7.79. The van der Waals surface area contributed by atoms with Gasteiger partial charge in [0, 0.05) is 28.0 Å². The fourth-order valence-corrected chi connectivity index (χ4v) is 5.39. The van der Waals surface area contributed by atoms with Gasteiger partial charge in [-0.2, -0.15) is 0 Å². The van der Waals surface area contributed by atoms with Crippen LogP contribution < -0.4 is 14.8 Å². The number of aryl methyl sites for hydroxylation is 2. The summed E-state index contributed by atoms with van der Waals surface area (Å²) < 4.78 is 10.8. The monoisotopic (exact) mass is 535 g/mol. The number of amides is 3. The molecule has 0 aliphatic heterocycles. The molecule has 3 amide bonds. The van der Waals surface area contributed by atoms with Crippen molar-refractivity contribution in [2.75, 3.05) is 32.6 Å². The maximum absolute atomic E-state index is 13.7. The number of hydrogen-bond acceptors (Lipinski definition) is 5. The molecule has 1 aromatic heterocycles. The van der Waals surface area contributed by atoms with E-state index < -0.39 is 0 Å². The third kappa shape index (κ3) is 7.07. The van der Waals surface area contributed by atoms with E-state index in [0.717, 1.165) is 41.0 Å². The molecule has 7 nitrogen and oxygen atoms in total. The summed E-state index contributed by atoms with van der Waals surface area (Å²) in [5.74, 6) is 1.29. The average Bonchev–Trinajstić information content (AvgIpc) is 3.69. The number of benzene rings is 2. The van der Waals surface area contributed by atoms with Crippen LogP contribution in [0.2, 0.25) is 0 Å². The van der Waals surface area contributed by atoms with Gasteiger partial charge in [0.2, 0.25) is 5.91 Å². The van der Waals surface area contributed by atoms with Crippen molar-refractivity contribution >= 4 is 29.0 Å². The topological polar surface area (TPSA) is 71.1 Å². The number of anilines is 1. The zero-order valence-corrected chi connectivity index (χ0v) is 23.5. The van der Waals surface area contributed by atoms with E-state index in [0.29, 0.717) is 31.0 Å². The van der Waals surface area contributed by atoms with Gasteiger partial charge < -0.3 is 24.6 Å². The second kappa shape index (κ2) is 12.8. The highest BCUT2D eigenvalue weighted by molar-refractivity contribution is 7.11. The lowest BCUT2D eigenvalue weighted by molar-refractivity contribution is -0.132. The third-order valence-electron chi connectivity index (χ3n) is 6.81. The van der Waals surface area contributed by atoms with Crippen LogP contribution in [0.15, 0.2) is 54.6 Å². The number of rotatable bonds is 12. The first-order valence-electron chi connectivity index (χ1n) is 13.1. The van der Waals surface area contributed by atoms with Gasteiger partial charge in [-0.25, -0.2) is 4.79 Å². The Morgan fingerprint density at radius 3 is 2.45 bits per heavy atom. The summed E-state index contributed by atoms with van der Waals surface area (Å²) >= 11 is 1.69. The Labute approximate surface area is 229 Å². The van der Waals surface area contributed by atoms with Crippen LogP contribution in [0.25, 0.3) is 0 Å². The van der Waals surface area contributed by atoms with Gasteiger partial charge >= 0.3 is 6.03 Å². The van der Waals surface area contributed by atoms with Crippen LogP contribution >= 0.6 is 11.3 Å². The van der Waals surface area contributed by atoms with Crippen molar-refractivity contribution in [3.63, 3.8) is 0 Å². The van der Waals surface area contributed by atoms with Crippen LogP contribution in [0, 0.1) is 6.92 Å². The molecule has 0 bridgehead atoms. The summed E-state index contributed by atoms with van der Waals surface area (Å²) in [5, 5.41) is 3.05. The maximum atomic E-state index is 13.7. The fourth-order valence-electron chi connectivity index (χ4n) is 4.49. The van der Waals surface area contributed by atoms with Crippen molar-refractivity contribution in [2.45, 2.75) is 52.1 Å². The lowest BCUT2D eigenvalue weighted by Crippen LogP contribution is -2.45. The van der Waals surface area contributed by atoms with Gasteiger partial charge in [-0.3, -0.25) is 4.79 Å². The molecule has 0 unspecified atom stereocenters. The van der Waals surface area contributed by atoms with E-state index in [1.807, 2.05) is 47.4 Å². The van der Waals surface area contributed by atoms with Crippen molar-refractivity contribution in [1.82, 2.24) is 9.80 Å². The van der Waals surface area contributed by atoms with Crippen LogP contribution in [0.3, 0.4) is 0 Å². The number of nitrogens with one attached hydrogen (secondary N) is 1. The van der Waals surface area contributed by atoms with Crippen molar-refractivity contribution < 1.29 is 19.1 Å². The summed E-state index contributed by atoms with van der Waals surface area (Å²) in [6.45, 7) is 5.24.